The van der Waals surface area contributed by atoms with Gasteiger partial charge in [-0.2, -0.15) is 0 Å². The summed E-state index contributed by atoms with van der Waals surface area (Å²) in [5.74, 6) is -0.104. The number of halogens is 1. The first-order chi connectivity index (χ1) is 6.53. The molecule has 0 bridgehead atoms. The van der Waals surface area contributed by atoms with E-state index in [1.165, 1.54) is 12.3 Å². The van der Waals surface area contributed by atoms with Crippen LogP contribution in [0.25, 0.3) is 0 Å². The van der Waals surface area contributed by atoms with Crippen LogP contribution >= 0.6 is 15.9 Å². The Balaban J connectivity index is 2.84. The van der Waals surface area contributed by atoms with E-state index in [0.29, 0.717) is 10.3 Å². The number of anilines is 1. The van der Waals surface area contributed by atoms with Crippen LogP contribution in [0.1, 0.15) is 0 Å². The Hall–Kier alpha value is -0.880. The van der Waals surface area contributed by atoms with E-state index >= 15 is 0 Å². The van der Waals surface area contributed by atoms with Crippen molar-refractivity contribution >= 4 is 31.6 Å². The summed E-state index contributed by atoms with van der Waals surface area (Å²) in [5, 5.41) is 0. The van der Waals surface area contributed by atoms with Crippen molar-refractivity contribution in [2.75, 3.05) is 10.5 Å². The van der Waals surface area contributed by atoms with Gasteiger partial charge in [-0.15, -0.1) is 6.58 Å². The molecule has 6 heteroatoms. The van der Waals surface area contributed by atoms with Crippen molar-refractivity contribution in [2.24, 2.45) is 0 Å². The maximum absolute atomic E-state index is 11.3. The monoisotopic (exact) mass is 276 g/mol. The van der Waals surface area contributed by atoms with E-state index in [4.69, 9.17) is 0 Å². The standard InChI is InChI=1S/C8H9BrN2O2S/c1-2-5-14(12,13)11-7-3-4-10-8(9)6-7/h2-4,6H,1,5H2,(H,10,11). The molecular formula is C8H9BrN2O2S. The summed E-state index contributed by atoms with van der Waals surface area (Å²) < 4.78 is 25.6. The van der Waals surface area contributed by atoms with Crippen LogP contribution < -0.4 is 4.72 Å². The lowest BCUT2D eigenvalue weighted by Gasteiger charge is -2.05. The SMILES string of the molecule is C=CCS(=O)(=O)Nc1ccnc(Br)c1. The van der Waals surface area contributed by atoms with Gasteiger partial charge in [0, 0.05) is 6.20 Å². The van der Waals surface area contributed by atoms with Gasteiger partial charge >= 0.3 is 0 Å². The van der Waals surface area contributed by atoms with Crippen molar-refractivity contribution in [3.63, 3.8) is 0 Å². The van der Waals surface area contributed by atoms with Crippen LogP contribution in [0.15, 0.2) is 35.6 Å². The largest absolute Gasteiger partial charge is 0.283 e. The highest BCUT2D eigenvalue weighted by Gasteiger charge is 2.07. The summed E-state index contributed by atoms with van der Waals surface area (Å²) in [6, 6.07) is 3.16. The summed E-state index contributed by atoms with van der Waals surface area (Å²) in [6.45, 7) is 3.36. The van der Waals surface area contributed by atoms with E-state index in [2.05, 4.69) is 32.2 Å². The van der Waals surface area contributed by atoms with Gasteiger partial charge in [0.1, 0.15) is 4.60 Å². The van der Waals surface area contributed by atoms with Crippen molar-refractivity contribution in [2.45, 2.75) is 0 Å². The second-order valence-electron chi connectivity index (χ2n) is 2.54. The lowest BCUT2D eigenvalue weighted by atomic mass is 10.4. The van der Waals surface area contributed by atoms with Gasteiger partial charge in [0.15, 0.2) is 0 Å². The summed E-state index contributed by atoms with van der Waals surface area (Å²) in [6.07, 6.45) is 2.84. The molecule has 0 spiro atoms. The number of pyridine rings is 1. The smallest absolute Gasteiger partial charge is 0.236 e. The third-order valence-corrected chi connectivity index (χ3v) is 2.99. The van der Waals surface area contributed by atoms with E-state index in [-0.39, 0.29) is 5.75 Å². The average molecular weight is 277 g/mol. The molecule has 0 aliphatic carbocycles. The van der Waals surface area contributed by atoms with Crippen LogP contribution in [0.2, 0.25) is 0 Å². The molecule has 76 valence electrons. The molecule has 4 nitrogen and oxygen atoms in total. The molecule has 0 unspecified atom stereocenters. The molecule has 14 heavy (non-hydrogen) atoms. The molecule has 0 aromatic carbocycles. The van der Waals surface area contributed by atoms with Crippen LogP contribution in [-0.4, -0.2) is 19.2 Å². The molecule has 0 saturated carbocycles. The molecule has 0 atom stereocenters. The Bertz CT molecular complexity index is 431. The van der Waals surface area contributed by atoms with Crippen molar-refractivity contribution in [3.05, 3.63) is 35.6 Å². The fourth-order valence-corrected chi connectivity index (χ4v) is 2.09. The fraction of sp³-hybridized carbons (Fsp3) is 0.125. The molecule has 1 heterocycles. The zero-order valence-corrected chi connectivity index (χ0v) is 9.68. The quantitative estimate of drug-likeness (QED) is 0.674. The van der Waals surface area contributed by atoms with E-state index < -0.39 is 10.0 Å². The fourth-order valence-electron chi connectivity index (χ4n) is 0.842. The topological polar surface area (TPSA) is 59.1 Å². The highest BCUT2D eigenvalue weighted by molar-refractivity contribution is 9.10. The van der Waals surface area contributed by atoms with E-state index in [0.717, 1.165) is 0 Å². The zero-order valence-electron chi connectivity index (χ0n) is 7.27. The lowest BCUT2D eigenvalue weighted by molar-refractivity contribution is 0.604. The minimum Gasteiger partial charge on any atom is -0.283 e. The average Bonchev–Trinajstić information content (AvgIpc) is 2.02. The maximum Gasteiger partial charge on any atom is 0.236 e. The number of hydrogen-bond acceptors (Lipinski definition) is 3. The van der Waals surface area contributed by atoms with Gasteiger partial charge in [-0.25, -0.2) is 13.4 Å². The molecule has 1 rings (SSSR count). The molecule has 0 fully saturated rings. The second-order valence-corrected chi connectivity index (χ2v) is 5.12. The first-order valence-electron chi connectivity index (χ1n) is 3.76. The zero-order chi connectivity index (χ0) is 10.6. The number of hydrogen-bond donors (Lipinski definition) is 1. The Morgan fingerprint density at radius 1 is 1.64 bits per heavy atom. The van der Waals surface area contributed by atoms with Crippen LogP contribution in [0.5, 0.6) is 0 Å². The van der Waals surface area contributed by atoms with Gasteiger partial charge in [0.2, 0.25) is 10.0 Å². The molecule has 0 radical (unpaired) electrons. The first kappa shape index (κ1) is 11.2. The molecular weight excluding hydrogens is 268 g/mol. The molecule has 0 aliphatic heterocycles. The van der Waals surface area contributed by atoms with Crippen molar-refractivity contribution < 1.29 is 8.42 Å². The first-order valence-corrected chi connectivity index (χ1v) is 6.21. The number of aromatic nitrogens is 1. The van der Waals surface area contributed by atoms with Crippen LogP contribution in [-0.2, 0) is 10.0 Å². The third kappa shape index (κ3) is 3.47. The predicted octanol–water partition coefficient (Wildman–Crippen LogP) is 1.77. The van der Waals surface area contributed by atoms with E-state index in [1.54, 1.807) is 12.1 Å². The summed E-state index contributed by atoms with van der Waals surface area (Å²) in [7, 11) is -3.32. The number of nitrogens with zero attached hydrogens (tertiary/aromatic N) is 1. The molecule has 1 N–H and O–H groups in total. The molecule has 0 amide bonds. The van der Waals surface area contributed by atoms with Crippen molar-refractivity contribution in [3.8, 4) is 0 Å². The Labute approximate surface area is 91.2 Å². The van der Waals surface area contributed by atoms with Gasteiger partial charge in [0.05, 0.1) is 11.4 Å². The van der Waals surface area contributed by atoms with Gasteiger partial charge < -0.3 is 0 Å². The van der Waals surface area contributed by atoms with Crippen LogP contribution in [0, 0.1) is 0 Å². The Morgan fingerprint density at radius 3 is 2.93 bits per heavy atom. The van der Waals surface area contributed by atoms with Crippen molar-refractivity contribution in [1.82, 2.24) is 4.98 Å². The van der Waals surface area contributed by atoms with Crippen LogP contribution in [0.4, 0.5) is 5.69 Å². The number of rotatable bonds is 4. The minimum absolute atomic E-state index is 0.104. The number of nitrogens with one attached hydrogen (secondary N) is 1. The second kappa shape index (κ2) is 4.56. The normalized spacial score (nSPS) is 10.9. The maximum atomic E-state index is 11.3. The summed E-state index contributed by atoms with van der Waals surface area (Å²) in [4.78, 5) is 3.88. The van der Waals surface area contributed by atoms with Gasteiger partial charge in [-0.05, 0) is 28.1 Å². The highest BCUT2D eigenvalue weighted by atomic mass is 79.9. The molecule has 1 aromatic rings. The minimum atomic E-state index is -3.32. The summed E-state index contributed by atoms with van der Waals surface area (Å²) >= 11 is 3.14. The molecule has 0 saturated heterocycles. The van der Waals surface area contributed by atoms with E-state index in [1.807, 2.05) is 0 Å². The van der Waals surface area contributed by atoms with Gasteiger partial charge in [-0.3, -0.25) is 4.72 Å². The molecule has 1 aromatic heterocycles. The highest BCUT2D eigenvalue weighted by Crippen LogP contribution is 2.13. The summed E-state index contributed by atoms with van der Waals surface area (Å²) in [5.41, 5.74) is 0.480. The van der Waals surface area contributed by atoms with E-state index in [9.17, 15) is 8.42 Å². The number of sulfonamides is 1. The van der Waals surface area contributed by atoms with Crippen LogP contribution in [0.3, 0.4) is 0 Å². The Morgan fingerprint density at radius 2 is 2.36 bits per heavy atom. The van der Waals surface area contributed by atoms with Gasteiger partial charge in [0.25, 0.3) is 0 Å². The third-order valence-electron chi connectivity index (χ3n) is 1.34. The lowest BCUT2D eigenvalue weighted by Crippen LogP contribution is -2.15. The Kier molecular flexibility index (Phi) is 3.65. The van der Waals surface area contributed by atoms with Crippen molar-refractivity contribution in [1.29, 1.82) is 0 Å². The van der Waals surface area contributed by atoms with Gasteiger partial charge in [-0.1, -0.05) is 6.08 Å². The predicted molar refractivity (Wildman–Crippen MR) is 59.5 cm³/mol. The molecule has 0 aliphatic rings.